The normalized spacial score (nSPS) is 19.9. The molecule has 0 aromatic heterocycles. The number of carbonyl (C=O) groups is 1. The van der Waals surface area contributed by atoms with Crippen molar-refractivity contribution >= 4 is 21.6 Å². The highest BCUT2D eigenvalue weighted by molar-refractivity contribution is 7.89. The zero-order valence-electron chi connectivity index (χ0n) is 9.41. The van der Waals surface area contributed by atoms with Crippen molar-refractivity contribution in [3.63, 3.8) is 0 Å². The van der Waals surface area contributed by atoms with E-state index >= 15 is 0 Å². The van der Waals surface area contributed by atoms with Crippen LogP contribution in [0.25, 0.3) is 0 Å². The highest BCUT2D eigenvalue weighted by Crippen LogP contribution is 2.26. The average Bonchev–Trinajstić information content (AvgIpc) is 2.70. The van der Waals surface area contributed by atoms with E-state index in [9.17, 15) is 13.2 Å². The summed E-state index contributed by atoms with van der Waals surface area (Å²) in [5, 5.41) is 13.8. The third-order valence-electron chi connectivity index (χ3n) is 2.77. The van der Waals surface area contributed by atoms with Gasteiger partial charge in [0.05, 0.1) is 16.9 Å². The largest absolute Gasteiger partial charge is 0.311 e. The van der Waals surface area contributed by atoms with Crippen LogP contribution in [0, 0.1) is 17.2 Å². The van der Waals surface area contributed by atoms with Crippen molar-refractivity contribution in [2.45, 2.75) is 11.3 Å². The van der Waals surface area contributed by atoms with Crippen LogP contribution < -0.4 is 10.0 Å². The van der Waals surface area contributed by atoms with Gasteiger partial charge in [0.25, 0.3) is 0 Å². The predicted molar refractivity (Wildman–Crippen MR) is 63.9 cm³/mol. The lowest BCUT2D eigenvalue weighted by atomic mass is 10.1. The molecule has 6 nitrogen and oxygen atoms in total. The number of primary sulfonamides is 1. The number of nitriles is 1. The summed E-state index contributed by atoms with van der Waals surface area (Å²) in [6.07, 6.45) is 0.163. The molecule has 94 valence electrons. The molecule has 2 N–H and O–H groups in total. The van der Waals surface area contributed by atoms with E-state index in [1.165, 1.54) is 23.1 Å². The molecule has 1 saturated heterocycles. The second kappa shape index (κ2) is 4.40. The maximum absolute atomic E-state index is 11.7. The Morgan fingerprint density at radius 1 is 1.44 bits per heavy atom. The minimum Gasteiger partial charge on any atom is -0.311 e. The van der Waals surface area contributed by atoms with Gasteiger partial charge in [0, 0.05) is 18.7 Å². The fourth-order valence-corrected chi connectivity index (χ4v) is 2.43. The lowest BCUT2D eigenvalue weighted by molar-refractivity contribution is -0.117. The molecule has 0 bridgehead atoms. The minimum atomic E-state index is -3.79. The van der Waals surface area contributed by atoms with Crippen molar-refractivity contribution in [3.8, 4) is 6.07 Å². The van der Waals surface area contributed by atoms with Crippen molar-refractivity contribution in [3.05, 3.63) is 24.3 Å². The van der Waals surface area contributed by atoms with Crippen LogP contribution >= 0.6 is 0 Å². The van der Waals surface area contributed by atoms with E-state index in [-0.39, 0.29) is 29.7 Å². The first kappa shape index (κ1) is 12.5. The molecule has 1 aliphatic rings. The molecule has 0 spiro atoms. The summed E-state index contributed by atoms with van der Waals surface area (Å²) in [6, 6.07) is 7.87. The van der Waals surface area contributed by atoms with Gasteiger partial charge in [-0.2, -0.15) is 5.26 Å². The predicted octanol–water partition coefficient (Wildman–Crippen LogP) is 0.210. The van der Waals surface area contributed by atoms with Crippen LogP contribution in [0.3, 0.4) is 0 Å². The van der Waals surface area contributed by atoms with Gasteiger partial charge in [0.15, 0.2) is 0 Å². The van der Waals surface area contributed by atoms with Crippen molar-refractivity contribution in [2.24, 2.45) is 11.1 Å². The van der Waals surface area contributed by atoms with Crippen LogP contribution in [-0.4, -0.2) is 20.9 Å². The van der Waals surface area contributed by atoms with E-state index in [0.29, 0.717) is 5.69 Å². The Kier molecular flexibility index (Phi) is 3.07. The molecule has 7 heteroatoms. The Hall–Kier alpha value is -1.91. The van der Waals surface area contributed by atoms with Gasteiger partial charge >= 0.3 is 0 Å². The van der Waals surface area contributed by atoms with Gasteiger partial charge < -0.3 is 4.90 Å². The molecule has 1 aromatic carbocycles. The van der Waals surface area contributed by atoms with Crippen LogP contribution in [0.5, 0.6) is 0 Å². The standard InChI is InChI=1S/C11H11N3O3S/c12-6-8-4-11(15)14(7-8)9-2-1-3-10(5-9)18(13,16)17/h1-3,5,8H,4,7H2,(H2,13,16,17). The minimum absolute atomic E-state index is 0.0480. The first-order valence-electron chi connectivity index (χ1n) is 5.24. The monoisotopic (exact) mass is 265 g/mol. The van der Waals surface area contributed by atoms with E-state index in [2.05, 4.69) is 0 Å². The van der Waals surface area contributed by atoms with Crippen molar-refractivity contribution in [1.29, 1.82) is 5.26 Å². The average molecular weight is 265 g/mol. The highest BCUT2D eigenvalue weighted by atomic mass is 32.2. The molecular weight excluding hydrogens is 254 g/mol. The smallest absolute Gasteiger partial charge is 0.238 e. The molecule has 1 heterocycles. The Morgan fingerprint density at radius 3 is 2.72 bits per heavy atom. The topological polar surface area (TPSA) is 104 Å². The number of anilines is 1. The van der Waals surface area contributed by atoms with Gasteiger partial charge in [-0.1, -0.05) is 6.07 Å². The van der Waals surface area contributed by atoms with E-state index in [4.69, 9.17) is 10.4 Å². The number of nitrogens with two attached hydrogens (primary N) is 1. The summed E-state index contributed by atoms with van der Waals surface area (Å²) in [4.78, 5) is 13.1. The third-order valence-corrected chi connectivity index (χ3v) is 3.68. The van der Waals surface area contributed by atoms with E-state index in [0.717, 1.165) is 0 Å². The number of sulfonamides is 1. The number of amides is 1. The van der Waals surface area contributed by atoms with Gasteiger partial charge in [-0.3, -0.25) is 4.79 Å². The fraction of sp³-hybridized carbons (Fsp3) is 0.273. The van der Waals surface area contributed by atoms with E-state index in [1.807, 2.05) is 6.07 Å². The van der Waals surface area contributed by atoms with Gasteiger partial charge in [-0.25, -0.2) is 13.6 Å². The Labute approximate surface area is 105 Å². The Bertz CT molecular complexity index is 633. The van der Waals surface area contributed by atoms with E-state index < -0.39 is 10.0 Å². The molecule has 1 aromatic rings. The first-order chi connectivity index (χ1) is 8.41. The molecule has 18 heavy (non-hydrogen) atoms. The molecule has 0 aliphatic carbocycles. The summed E-state index contributed by atoms with van der Waals surface area (Å²) >= 11 is 0. The van der Waals surface area contributed by atoms with Crippen molar-refractivity contribution in [1.82, 2.24) is 0 Å². The summed E-state index contributed by atoms with van der Waals surface area (Å²) in [5.74, 6) is -0.538. The molecule has 1 amide bonds. The van der Waals surface area contributed by atoms with Gasteiger partial charge in [-0.15, -0.1) is 0 Å². The number of nitrogens with zero attached hydrogens (tertiary/aromatic N) is 2. The van der Waals surface area contributed by atoms with Crippen molar-refractivity contribution < 1.29 is 13.2 Å². The quantitative estimate of drug-likeness (QED) is 0.825. The van der Waals surface area contributed by atoms with E-state index in [1.54, 1.807) is 6.07 Å². The Balaban J connectivity index is 2.36. The van der Waals surface area contributed by atoms with Crippen molar-refractivity contribution in [2.75, 3.05) is 11.4 Å². The zero-order valence-corrected chi connectivity index (χ0v) is 10.2. The third kappa shape index (κ3) is 2.34. The summed E-state index contributed by atoms with van der Waals surface area (Å²) in [5.41, 5.74) is 0.448. The number of hydrogen-bond donors (Lipinski definition) is 1. The van der Waals surface area contributed by atoms with Gasteiger partial charge in [0.1, 0.15) is 0 Å². The molecular formula is C11H11N3O3S. The van der Waals surface area contributed by atoms with Crippen LogP contribution in [0.2, 0.25) is 0 Å². The second-order valence-corrected chi connectivity index (χ2v) is 5.64. The number of carbonyl (C=O) groups excluding carboxylic acids is 1. The molecule has 1 unspecified atom stereocenters. The van der Waals surface area contributed by atoms with Crippen LogP contribution in [0.1, 0.15) is 6.42 Å². The molecule has 1 aliphatic heterocycles. The molecule has 2 rings (SSSR count). The fourth-order valence-electron chi connectivity index (χ4n) is 1.87. The second-order valence-electron chi connectivity index (χ2n) is 4.08. The number of hydrogen-bond acceptors (Lipinski definition) is 4. The van der Waals surface area contributed by atoms with Crippen LogP contribution in [0.4, 0.5) is 5.69 Å². The molecule has 0 saturated carbocycles. The van der Waals surface area contributed by atoms with Crippen LogP contribution in [0.15, 0.2) is 29.2 Å². The summed E-state index contributed by atoms with van der Waals surface area (Å²) in [7, 11) is -3.79. The lowest BCUT2D eigenvalue weighted by Crippen LogP contribution is -2.24. The zero-order chi connectivity index (χ0) is 13.3. The summed E-state index contributed by atoms with van der Waals surface area (Å²) in [6.45, 7) is 0.281. The Morgan fingerprint density at radius 2 is 2.17 bits per heavy atom. The number of rotatable bonds is 2. The van der Waals surface area contributed by atoms with Crippen LogP contribution in [-0.2, 0) is 14.8 Å². The lowest BCUT2D eigenvalue weighted by Gasteiger charge is -2.16. The first-order valence-corrected chi connectivity index (χ1v) is 6.79. The molecule has 1 fully saturated rings. The maximum atomic E-state index is 11.7. The maximum Gasteiger partial charge on any atom is 0.238 e. The molecule has 1 atom stereocenters. The molecule has 0 radical (unpaired) electrons. The van der Waals surface area contributed by atoms with Gasteiger partial charge in [-0.05, 0) is 18.2 Å². The SMILES string of the molecule is N#CC1CC(=O)N(c2cccc(S(N)(=O)=O)c2)C1. The van der Waals surface area contributed by atoms with Gasteiger partial charge in [0.2, 0.25) is 15.9 Å². The summed E-state index contributed by atoms with van der Waals surface area (Å²) < 4.78 is 22.4. The number of benzene rings is 1. The highest BCUT2D eigenvalue weighted by Gasteiger charge is 2.30.